The number of rotatable bonds is 3. The maximum atomic E-state index is 13.1. The summed E-state index contributed by atoms with van der Waals surface area (Å²) in [5.41, 5.74) is 2.32. The third kappa shape index (κ3) is 3.98. The maximum absolute atomic E-state index is 13.1. The highest BCUT2D eigenvalue weighted by atomic mass is 19.4. The van der Waals surface area contributed by atoms with Crippen LogP contribution in [0.2, 0.25) is 0 Å². The molecule has 2 aromatic carbocycles. The summed E-state index contributed by atoms with van der Waals surface area (Å²) in [6.45, 7) is 2.87. The Hall–Kier alpha value is -3.36. The lowest BCUT2D eigenvalue weighted by Crippen LogP contribution is -2.57. The molecule has 0 bridgehead atoms. The molecule has 0 aliphatic carbocycles. The molecule has 0 saturated heterocycles. The third-order valence-corrected chi connectivity index (χ3v) is 4.15. The summed E-state index contributed by atoms with van der Waals surface area (Å²) >= 11 is 0. The van der Waals surface area contributed by atoms with E-state index in [-0.39, 0.29) is 23.0 Å². The molecule has 1 aliphatic heterocycles. The molecule has 1 aliphatic rings. The number of amides is 2. The molecule has 0 saturated carbocycles. The van der Waals surface area contributed by atoms with Crippen LogP contribution in [0.15, 0.2) is 53.5 Å². The van der Waals surface area contributed by atoms with Crippen molar-refractivity contribution in [2.24, 2.45) is 4.99 Å². The molecule has 0 spiro atoms. The monoisotopic (exact) mass is 390 g/mol. The molecule has 0 unspecified atom stereocenters. The van der Waals surface area contributed by atoms with E-state index in [0.717, 1.165) is 6.07 Å². The van der Waals surface area contributed by atoms with Gasteiger partial charge >= 0.3 is 6.18 Å². The summed E-state index contributed by atoms with van der Waals surface area (Å²) in [6, 6.07) is 11.3. The molecule has 146 valence electrons. The van der Waals surface area contributed by atoms with Crippen LogP contribution in [0.3, 0.4) is 0 Å². The van der Waals surface area contributed by atoms with E-state index in [4.69, 9.17) is 0 Å². The Balaban J connectivity index is 1.83. The van der Waals surface area contributed by atoms with E-state index in [2.05, 4.69) is 15.7 Å². The summed E-state index contributed by atoms with van der Waals surface area (Å²) < 4.78 is 39.2. The molecule has 2 aromatic rings. The van der Waals surface area contributed by atoms with Gasteiger partial charge in [0.25, 0.3) is 11.8 Å². The van der Waals surface area contributed by atoms with Gasteiger partial charge in [-0.2, -0.15) is 13.2 Å². The van der Waals surface area contributed by atoms with Crippen LogP contribution < -0.4 is 15.8 Å². The van der Waals surface area contributed by atoms with Crippen molar-refractivity contribution in [3.63, 3.8) is 0 Å². The fourth-order valence-corrected chi connectivity index (χ4v) is 2.70. The number of amidine groups is 1. The Bertz CT molecular complexity index is 942. The average molecular weight is 390 g/mol. The first kappa shape index (κ1) is 19.4. The third-order valence-electron chi connectivity index (χ3n) is 4.15. The average Bonchev–Trinajstić information content (AvgIpc) is 2.65. The molecule has 0 aromatic heterocycles. The van der Waals surface area contributed by atoms with Crippen LogP contribution in [0.4, 0.5) is 24.5 Å². The lowest BCUT2D eigenvalue weighted by atomic mass is 10.1. The molecule has 9 heteroatoms. The number of nitrogens with one attached hydrogen (secondary N) is 2. The van der Waals surface area contributed by atoms with Crippen molar-refractivity contribution < 1.29 is 22.8 Å². The van der Waals surface area contributed by atoms with Gasteiger partial charge in [-0.25, -0.2) is 10.0 Å². The first-order chi connectivity index (χ1) is 13.2. The predicted octanol–water partition coefficient (Wildman–Crippen LogP) is 3.29. The number of hydrogen-bond acceptors (Lipinski definition) is 4. The summed E-state index contributed by atoms with van der Waals surface area (Å²) in [5, 5.41) is 3.57. The summed E-state index contributed by atoms with van der Waals surface area (Å²) in [6.07, 6.45) is -4.53. The van der Waals surface area contributed by atoms with Crippen LogP contribution in [0, 0.1) is 6.92 Å². The van der Waals surface area contributed by atoms with Crippen LogP contribution in [0.25, 0.3) is 0 Å². The quantitative estimate of drug-likeness (QED) is 0.845. The molecule has 2 amide bonds. The van der Waals surface area contributed by atoms with Crippen LogP contribution in [-0.4, -0.2) is 23.7 Å². The van der Waals surface area contributed by atoms with Gasteiger partial charge in [0, 0.05) is 5.69 Å². The Morgan fingerprint density at radius 1 is 1.18 bits per heavy atom. The Morgan fingerprint density at radius 2 is 1.86 bits per heavy atom. The number of hydrazine groups is 1. The SMILES string of the molecule is Cc1ccc(NC(=O)C2=N[C@@H](C)C(=O)N(c3ccccc3)N2)cc1C(F)(F)F. The second-order valence-electron chi connectivity index (χ2n) is 6.26. The number of aryl methyl sites for hydroxylation is 1. The molecular weight excluding hydrogens is 373 g/mol. The van der Waals surface area contributed by atoms with Gasteiger partial charge in [0.1, 0.15) is 6.04 Å². The zero-order valence-electron chi connectivity index (χ0n) is 15.0. The number of alkyl halides is 3. The minimum Gasteiger partial charge on any atom is -0.319 e. The van der Waals surface area contributed by atoms with Crippen molar-refractivity contribution in [3.05, 3.63) is 59.7 Å². The highest BCUT2D eigenvalue weighted by Gasteiger charge is 2.33. The molecule has 28 heavy (non-hydrogen) atoms. The first-order valence-corrected chi connectivity index (χ1v) is 8.39. The zero-order chi connectivity index (χ0) is 20.5. The highest BCUT2D eigenvalue weighted by Crippen LogP contribution is 2.33. The van der Waals surface area contributed by atoms with E-state index in [1.807, 2.05) is 0 Å². The van der Waals surface area contributed by atoms with E-state index < -0.39 is 23.7 Å². The van der Waals surface area contributed by atoms with E-state index in [9.17, 15) is 22.8 Å². The second-order valence-corrected chi connectivity index (χ2v) is 6.26. The topological polar surface area (TPSA) is 73.8 Å². The van der Waals surface area contributed by atoms with Crippen molar-refractivity contribution in [1.82, 2.24) is 5.43 Å². The van der Waals surface area contributed by atoms with E-state index in [1.165, 1.54) is 31.0 Å². The minimum atomic E-state index is -4.53. The van der Waals surface area contributed by atoms with Gasteiger partial charge < -0.3 is 5.32 Å². The smallest absolute Gasteiger partial charge is 0.319 e. The molecule has 2 N–H and O–H groups in total. The summed E-state index contributed by atoms with van der Waals surface area (Å²) in [7, 11) is 0. The normalized spacial score (nSPS) is 17.0. The fourth-order valence-electron chi connectivity index (χ4n) is 2.70. The lowest BCUT2D eigenvalue weighted by Gasteiger charge is -2.30. The van der Waals surface area contributed by atoms with Crippen LogP contribution in [-0.2, 0) is 15.8 Å². The number of halogens is 3. The Kier molecular flexibility index (Phi) is 5.08. The molecule has 0 fully saturated rings. The number of carbonyl (C=O) groups excluding carboxylic acids is 2. The van der Waals surface area contributed by atoms with E-state index >= 15 is 0 Å². The fraction of sp³-hybridized carbons (Fsp3) is 0.211. The van der Waals surface area contributed by atoms with Crippen LogP contribution in [0.5, 0.6) is 0 Å². The molecular formula is C19H17F3N4O2. The Labute approximate surface area is 159 Å². The minimum absolute atomic E-state index is 0.0248. The van der Waals surface area contributed by atoms with E-state index in [0.29, 0.717) is 5.69 Å². The van der Waals surface area contributed by atoms with Gasteiger partial charge in [0.05, 0.1) is 11.3 Å². The number of hydrogen-bond donors (Lipinski definition) is 2. The van der Waals surface area contributed by atoms with Crippen molar-refractivity contribution in [2.75, 3.05) is 10.3 Å². The number of para-hydroxylation sites is 1. The first-order valence-electron chi connectivity index (χ1n) is 8.39. The van der Waals surface area contributed by atoms with Gasteiger partial charge in [-0.1, -0.05) is 24.3 Å². The van der Waals surface area contributed by atoms with Gasteiger partial charge in [0.2, 0.25) is 5.84 Å². The molecule has 1 atom stereocenters. The van der Waals surface area contributed by atoms with Crippen molar-refractivity contribution >= 4 is 29.0 Å². The number of benzene rings is 2. The standard InChI is InChI=1S/C19H17F3N4O2/c1-11-8-9-13(10-15(11)19(20,21)22)24-17(27)16-23-12(2)18(28)26(25-16)14-6-4-3-5-7-14/h3-10,12H,1-2H3,(H,23,25)(H,24,27)/t12-/m0/s1. The number of aliphatic imine (C=N–C) groups is 1. The van der Waals surface area contributed by atoms with Gasteiger partial charge in [-0.3, -0.25) is 15.0 Å². The number of anilines is 2. The van der Waals surface area contributed by atoms with Crippen molar-refractivity contribution in [3.8, 4) is 0 Å². The lowest BCUT2D eigenvalue weighted by molar-refractivity contribution is -0.138. The molecule has 1 heterocycles. The molecule has 3 rings (SSSR count). The van der Waals surface area contributed by atoms with Crippen LogP contribution in [0.1, 0.15) is 18.1 Å². The van der Waals surface area contributed by atoms with Crippen LogP contribution >= 0.6 is 0 Å². The molecule has 6 nitrogen and oxygen atoms in total. The Morgan fingerprint density at radius 3 is 2.50 bits per heavy atom. The van der Waals surface area contributed by atoms with Crippen molar-refractivity contribution in [2.45, 2.75) is 26.1 Å². The van der Waals surface area contributed by atoms with Gasteiger partial charge in [0.15, 0.2) is 0 Å². The summed E-state index contributed by atoms with van der Waals surface area (Å²) in [5.74, 6) is -1.29. The van der Waals surface area contributed by atoms with Gasteiger partial charge in [-0.15, -0.1) is 0 Å². The number of nitrogens with zero attached hydrogens (tertiary/aromatic N) is 2. The largest absolute Gasteiger partial charge is 0.416 e. The van der Waals surface area contributed by atoms with Gasteiger partial charge in [-0.05, 0) is 43.7 Å². The van der Waals surface area contributed by atoms with Crippen molar-refractivity contribution in [1.29, 1.82) is 0 Å². The highest BCUT2D eigenvalue weighted by molar-refractivity contribution is 6.43. The zero-order valence-corrected chi connectivity index (χ0v) is 15.0. The summed E-state index contributed by atoms with van der Waals surface area (Å²) in [4.78, 5) is 28.9. The maximum Gasteiger partial charge on any atom is 0.416 e. The second kappa shape index (κ2) is 7.34. The molecule has 0 radical (unpaired) electrons. The predicted molar refractivity (Wildman–Crippen MR) is 98.8 cm³/mol. The van der Waals surface area contributed by atoms with E-state index in [1.54, 1.807) is 30.3 Å². The number of carbonyl (C=O) groups is 2.